The number of hydrogen-bond donors (Lipinski definition) is 2. The van der Waals surface area contributed by atoms with Gasteiger partial charge in [0.1, 0.15) is 5.82 Å². The largest absolute Gasteiger partial charge is 0.368 e. The van der Waals surface area contributed by atoms with E-state index in [0.717, 1.165) is 30.1 Å². The number of carbonyl (C=O) groups excluding carboxylic acids is 1. The molecule has 0 aromatic carbocycles. The van der Waals surface area contributed by atoms with Gasteiger partial charge in [-0.15, -0.1) is 10.2 Å². The fraction of sp³-hybridized carbons (Fsp3) is 0.643. The molecule has 1 aromatic heterocycles. The molecule has 0 radical (unpaired) electrons. The van der Waals surface area contributed by atoms with E-state index in [0.29, 0.717) is 5.69 Å². The van der Waals surface area contributed by atoms with Gasteiger partial charge in [0.2, 0.25) is 0 Å². The molecule has 3 unspecified atom stereocenters. The molecule has 19 heavy (non-hydrogen) atoms. The van der Waals surface area contributed by atoms with Gasteiger partial charge in [-0.25, -0.2) is 0 Å². The number of amides is 1. The average molecular weight is 260 g/mol. The van der Waals surface area contributed by atoms with Crippen LogP contribution in [0.1, 0.15) is 36.2 Å². The van der Waals surface area contributed by atoms with Crippen LogP contribution in [0.3, 0.4) is 0 Å². The number of fused-ring (bicyclic) bond motifs is 2. The molecule has 2 saturated carbocycles. The SMILES string of the molecule is CNC(=O)c1ccc(NCC2CC3CCC2C3)nn1. The molecule has 5 nitrogen and oxygen atoms in total. The second kappa shape index (κ2) is 5.15. The normalized spacial score (nSPS) is 28.4. The maximum atomic E-state index is 11.3. The predicted octanol–water partition coefficient (Wildman–Crippen LogP) is 1.68. The summed E-state index contributed by atoms with van der Waals surface area (Å²) >= 11 is 0. The van der Waals surface area contributed by atoms with Crippen LogP contribution in [0.2, 0.25) is 0 Å². The number of hydrogen-bond acceptors (Lipinski definition) is 4. The van der Waals surface area contributed by atoms with Crippen molar-refractivity contribution in [3.05, 3.63) is 17.8 Å². The maximum absolute atomic E-state index is 11.3. The van der Waals surface area contributed by atoms with E-state index < -0.39 is 0 Å². The van der Waals surface area contributed by atoms with Gasteiger partial charge in [0.15, 0.2) is 5.69 Å². The Balaban J connectivity index is 1.54. The van der Waals surface area contributed by atoms with Crippen molar-refractivity contribution in [2.24, 2.45) is 17.8 Å². The van der Waals surface area contributed by atoms with E-state index in [9.17, 15) is 4.79 Å². The monoisotopic (exact) mass is 260 g/mol. The van der Waals surface area contributed by atoms with Gasteiger partial charge in [0.25, 0.3) is 5.91 Å². The van der Waals surface area contributed by atoms with Crippen molar-refractivity contribution in [3.8, 4) is 0 Å². The zero-order valence-corrected chi connectivity index (χ0v) is 11.2. The Hall–Kier alpha value is -1.65. The topological polar surface area (TPSA) is 66.9 Å². The first-order chi connectivity index (χ1) is 9.26. The first-order valence-electron chi connectivity index (χ1n) is 7.06. The lowest BCUT2D eigenvalue weighted by Gasteiger charge is -2.21. The highest BCUT2D eigenvalue weighted by atomic mass is 16.1. The molecular weight excluding hydrogens is 240 g/mol. The molecule has 102 valence electrons. The van der Waals surface area contributed by atoms with Crippen LogP contribution >= 0.6 is 0 Å². The van der Waals surface area contributed by atoms with E-state index in [1.54, 1.807) is 13.1 Å². The van der Waals surface area contributed by atoms with Crippen LogP contribution in [-0.2, 0) is 0 Å². The quantitative estimate of drug-likeness (QED) is 0.864. The Kier molecular flexibility index (Phi) is 3.36. The Labute approximate surface area is 113 Å². The van der Waals surface area contributed by atoms with Gasteiger partial charge in [-0.05, 0) is 49.1 Å². The lowest BCUT2D eigenvalue weighted by Crippen LogP contribution is -2.22. The smallest absolute Gasteiger partial charge is 0.271 e. The van der Waals surface area contributed by atoms with E-state index in [1.807, 2.05) is 6.07 Å². The summed E-state index contributed by atoms with van der Waals surface area (Å²) in [6.07, 6.45) is 5.62. The summed E-state index contributed by atoms with van der Waals surface area (Å²) in [6, 6.07) is 3.53. The standard InChI is InChI=1S/C14H20N4O/c1-15-14(19)12-4-5-13(18-17-12)16-8-11-7-9-2-3-10(11)6-9/h4-5,9-11H,2-3,6-8H2,1H3,(H,15,19)(H,16,18). The summed E-state index contributed by atoms with van der Waals surface area (Å²) in [4.78, 5) is 11.3. The summed E-state index contributed by atoms with van der Waals surface area (Å²) in [6.45, 7) is 0.981. The average Bonchev–Trinajstić information content (AvgIpc) is 3.07. The third-order valence-electron chi connectivity index (χ3n) is 4.55. The minimum absolute atomic E-state index is 0.202. The number of anilines is 1. The predicted molar refractivity (Wildman–Crippen MR) is 72.8 cm³/mol. The van der Waals surface area contributed by atoms with E-state index in [1.165, 1.54) is 25.7 Å². The second-order valence-corrected chi connectivity index (χ2v) is 5.70. The highest BCUT2D eigenvalue weighted by Gasteiger charge is 2.39. The Morgan fingerprint density at radius 2 is 2.21 bits per heavy atom. The number of aromatic nitrogens is 2. The first-order valence-corrected chi connectivity index (χ1v) is 7.06. The van der Waals surface area contributed by atoms with Gasteiger partial charge in [-0.2, -0.15) is 0 Å². The Bertz CT molecular complexity index is 459. The minimum Gasteiger partial charge on any atom is -0.368 e. The van der Waals surface area contributed by atoms with Gasteiger partial charge in [-0.1, -0.05) is 6.42 Å². The number of nitrogens with one attached hydrogen (secondary N) is 2. The van der Waals surface area contributed by atoms with Crippen LogP contribution in [0.15, 0.2) is 12.1 Å². The molecular formula is C14H20N4O. The molecule has 1 amide bonds. The fourth-order valence-corrected chi connectivity index (χ4v) is 3.54. The van der Waals surface area contributed by atoms with Crippen LogP contribution in [0.5, 0.6) is 0 Å². The van der Waals surface area contributed by atoms with Gasteiger partial charge in [0, 0.05) is 13.6 Å². The molecule has 3 rings (SSSR count). The van der Waals surface area contributed by atoms with Crippen molar-refractivity contribution < 1.29 is 4.79 Å². The van der Waals surface area contributed by atoms with Crippen molar-refractivity contribution in [2.45, 2.75) is 25.7 Å². The molecule has 0 spiro atoms. The van der Waals surface area contributed by atoms with E-state index >= 15 is 0 Å². The Morgan fingerprint density at radius 3 is 2.79 bits per heavy atom. The molecule has 1 heterocycles. The van der Waals surface area contributed by atoms with Gasteiger partial charge in [0.05, 0.1) is 0 Å². The Morgan fingerprint density at radius 1 is 1.32 bits per heavy atom. The number of carbonyl (C=O) groups is 1. The van der Waals surface area contributed by atoms with Gasteiger partial charge < -0.3 is 10.6 Å². The van der Waals surface area contributed by atoms with Crippen LogP contribution < -0.4 is 10.6 Å². The first kappa shape index (κ1) is 12.4. The van der Waals surface area contributed by atoms with Crippen molar-refractivity contribution in [1.29, 1.82) is 0 Å². The van der Waals surface area contributed by atoms with Crippen LogP contribution in [0.4, 0.5) is 5.82 Å². The van der Waals surface area contributed by atoms with Crippen LogP contribution in [0, 0.1) is 17.8 Å². The third-order valence-corrected chi connectivity index (χ3v) is 4.55. The number of nitrogens with zero attached hydrogens (tertiary/aromatic N) is 2. The summed E-state index contributed by atoms with van der Waals surface area (Å²) in [5.41, 5.74) is 0.355. The zero-order valence-electron chi connectivity index (χ0n) is 11.2. The molecule has 0 aliphatic heterocycles. The van der Waals surface area contributed by atoms with Crippen LogP contribution in [0.25, 0.3) is 0 Å². The second-order valence-electron chi connectivity index (χ2n) is 5.70. The van der Waals surface area contributed by atoms with Gasteiger partial charge >= 0.3 is 0 Å². The zero-order chi connectivity index (χ0) is 13.2. The van der Waals surface area contributed by atoms with Crippen LogP contribution in [-0.4, -0.2) is 29.7 Å². The summed E-state index contributed by atoms with van der Waals surface area (Å²) in [7, 11) is 1.59. The molecule has 2 N–H and O–H groups in total. The lowest BCUT2D eigenvalue weighted by atomic mass is 9.89. The highest BCUT2D eigenvalue weighted by Crippen LogP contribution is 2.48. The fourth-order valence-electron chi connectivity index (χ4n) is 3.54. The van der Waals surface area contributed by atoms with Gasteiger partial charge in [-0.3, -0.25) is 4.79 Å². The molecule has 2 fully saturated rings. The van der Waals surface area contributed by atoms with E-state index in [2.05, 4.69) is 20.8 Å². The lowest BCUT2D eigenvalue weighted by molar-refractivity contribution is 0.0957. The third kappa shape index (κ3) is 2.55. The maximum Gasteiger partial charge on any atom is 0.271 e. The highest BCUT2D eigenvalue weighted by molar-refractivity contribution is 5.91. The minimum atomic E-state index is -0.202. The molecule has 2 aliphatic carbocycles. The molecule has 0 saturated heterocycles. The molecule has 5 heteroatoms. The van der Waals surface area contributed by atoms with Crippen molar-refractivity contribution in [2.75, 3.05) is 18.9 Å². The van der Waals surface area contributed by atoms with E-state index in [4.69, 9.17) is 0 Å². The molecule has 3 atom stereocenters. The van der Waals surface area contributed by atoms with E-state index in [-0.39, 0.29) is 5.91 Å². The van der Waals surface area contributed by atoms with Crippen molar-refractivity contribution in [1.82, 2.24) is 15.5 Å². The number of rotatable bonds is 4. The van der Waals surface area contributed by atoms with Crippen molar-refractivity contribution in [3.63, 3.8) is 0 Å². The summed E-state index contributed by atoms with van der Waals surface area (Å²) in [5, 5.41) is 13.9. The molecule has 1 aromatic rings. The van der Waals surface area contributed by atoms with Crippen molar-refractivity contribution >= 4 is 11.7 Å². The molecule has 2 aliphatic rings. The molecule has 2 bridgehead atoms. The summed E-state index contributed by atoms with van der Waals surface area (Å²) < 4.78 is 0. The summed E-state index contributed by atoms with van der Waals surface area (Å²) in [5.74, 6) is 3.23.